The van der Waals surface area contributed by atoms with Crippen LogP contribution in [0.2, 0.25) is 5.02 Å². The van der Waals surface area contributed by atoms with E-state index in [2.05, 4.69) is 0 Å². The Kier molecular flexibility index (Phi) is 4.50. The molecule has 3 nitrogen and oxygen atoms in total. The number of hydrogen-bond donors (Lipinski definition) is 0. The predicted molar refractivity (Wildman–Crippen MR) is 104 cm³/mol. The van der Waals surface area contributed by atoms with Crippen LogP contribution in [-0.4, -0.2) is 19.7 Å². The second kappa shape index (κ2) is 6.53. The highest BCUT2D eigenvalue weighted by atomic mass is 35.5. The molecular weight excluding hydrogens is 374 g/mol. The molecule has 0 bridgehead atoms. The Balaban J connectivity index is 1.86. The summed E-state index contributed by atoms with van der Waals surface area (Å²) < 4.78 is 28.6. The smallest absolute Gasteiger partial charge is 0.261 e. The molecule has 0 amide bonds. The van der Waals surface area contributed by atoms with E-state index in [1.807, 2.05) is 31.2 Å². The minimum atomic E-state index is -3.60. The number of hydrogen-bond acceptors (Lipinski definition) is 3. The average Bonchev–Trinajstić information content (AvgIpc) is 2.59. The summed E-state index contributed by atoms with van der Waals surface area (Å²) in [6, 6.07) is 12.7. The van der Waals surface area contributed by atoms with E-state index in [4.69, 9.17) is 11.6 Å². The van der Waals surface area contributed by atoms with Gasteiger partial charge in [0, 0.05) is 15.2 Å². The summed E-state index contributed by atoms with van der Waals surface area (Å²) >= 11 is 7.95. The van der Waals surface area contributed by atoms with Crippen LogP contribution in [0.15, 0.2) is 52.3 Å². The Hall–Kier alpha value is -1.17. The summed E-state index contributed by atoms with van der Waals surface area (Å²) in [6.07, 6.45) is 4.18. The standard InChI is InChI=1S/C19H20ClNO2S2/c1-13-6-9-15(10-7-13)25(22,23)21-16-4-2-3-5-18(16)24-19-12-14(20)8-11-17(19)21/h6-12,16,18H,2-5H2,1H3/t16-,18-/m1/s1. The van der Waals surface area contributed by atoms with Crippen LogP contribution in [-0.2, 0) is 10.0 Å². The maximum atomic E-state index is 13.5. The number of anilines is 1. The van der Waals surface area contributed by atoms with Gasteiger partial charge < -0.3 is 0 Å². The van der Waals surface area contributed by atoms with Crippen molar-refractivity contribution in [1.29, 1.82) is 0 Å². The summed E-state index contributed by atoms with van der Waals surface area (Å²) in [5.41, 5.74) is 1.81. The van der Waals surface area contributed by atoms with Crippen molar-refractivity contribution in [2.75, 3.05) is 4.31 Å². The molecule has 2 aliphatic rings. The normalized spacial score (nSPS) is 23.0. The highest BCUT2D eigenvalue weighted by Crippen LogP contribution is 2.49. The SMILES string of the molecule is Cc1ccc(S(=O)(=O)N2c3ccc(Cl)cc3S[C@@H]3CCCC[C@H]32)cc1. The van der Waals surface area contributed by atoms with Gasteiger partial charge in [0.25, 0.3) is 10.0 Å². The van der Waals surface area contributed by atoms with Gasteiger partial charge in [-0.2, -0.15) is 0 Å². The molecule has 0 aromatic heterocycles. The van der Waals surface area contributed by atoms with Crippen LogP contribution in [0.1, 0.15) is 31.2 Å². The molecule has 0 radical (unpaired) electrons. The van der Waals surface area contributed by atoms with Crippen molar-refractivity contribution >= 4 is 39.1 Å². The highest BCUT2D eigenvalue weighted by molar-refractivity contribution is 8.00. The molecule has 0 spiro atoms. The summed E-state index contributed by atoms with van der Waals surface area (Å²) in [5.74, 6) is 0. The topological polar surface area (TPSA) is 37.4 Å². The fraction of sp³-hybridized carbons (Fsp3) is 0.368. The van der Waals surface area contributed by atoms with Gasteiger partial charge in [-0.1, -0.05) is 42.1 Å². The van der Waals surface area contributed by atoms with Crippen LogP contribution in [0.3, 0.4) is 0 Å². The van der Waals surface area contributed by atoms with Crippen LogP contribution in [0.5, 0.6) is 0 Å². The van der Waals surface area contributed by atoms with E-state index in [9.17, 15) is 8.42 Å². The minimum absolute atomic E-state index is 0.0127. The average molecular weight is 394 g/mol. The van der Waals surface area contributed by atoms with Crippen molar-refractivity contribution in [3.8, 4) is 0 Å². The van der Waals surface area contributed by atoms with Crippen LogP contribution >= 0.6 is 23.4 Å². The monoisotopic (exact) mass is 393 g/mol. The van der Waals surface area contributed by atoms with Gasteiger partial charge in [0.2, 0.25) is 0 Å². The first-order valence-electron chi connectivity index (χ1n) is 8.54. The summed E-state index contributed by atoms with van der Waals surface area (Å²) in [4.78, 5) is 1.32. The van der Waals surface area contributed by atoms with Gasteiger partial charge in [0.15, 0.2) is 0 Å². The number of nitrogens with zero attached hydrogens (tertiary/aromatic N) is 1. The zero-order chi connectivity index (χ0) is 17.6. The van der Waals surface area contributed by atoms with Gasteiger partial charge in [-0.25, -0.2) is 8.42 Å². The fourth-order valence-corrected chi connectivity index (χ4v) is 7.33. The molecule has 2 aromatic rings. The van der Waals surface area contributed by atoms with E-state index in [-0.39, 0.29) is 6.04 Å². The van der Waals surface area contributed by atoms with Crippen LogP contribution < -0.4 is 4.31 Å². The van der Waals surface area contributed by atoms with Gasteiger partial charge in [0.05, 0.1) is 16.6 Å². The molecule has 6 heteroatoms. The molecule has 4 rings (SSSR count). The van der Waals surface area contributed by atoms with Crippen molar-refractivity contribution in [3.63, 3.8) is 0 Å². The second-order valence-corrected chi connectivity index (χ2v) is 10.3. The number of halogens is 1. The third-order valence-electron chi connectivity index (χ3n) is 4.98. The molecule has 0 N–H and O–H groups in total. The number of thioether (sulfide) groups is 1. The zero-order valence-electron chi connectivity index (χ0n) is 14.0. The third-order valence-corrected chi connectivity index (χ3v) is 8.51. The van der Waals surface area contributed by atoms with E-state index in [0.717, 1.165) is 41.8 Å². The maximum absolute atomic E-state index is 13.5. The largest absolute Gasteiger partial charge is 0.264 e. The summed E-state index contributed by atoms with van der Waals surface area (Å²) in [7, 11) is -3.60. The van der Waals surface area contributed by atoms with Gasteiger partial charge in [-0.05, 0) is 50.1 Å². The van der Waals surface area contributed by atoms with Crippen LogP contribution in [0.4, 0.5) is 5.69 Å². The van der Waals surface area contributed by atoms with Crippen LogP contribution in [0, 0.1) is 6.92 Å². The first-order chi connectivity index (χ1) is 12.0. The highest BCUT2D eigenvalue weighted by Gasteiger charge is 2.42. The lowest BCUT2D eigenvalue weighted by molar-refractivity contribution is 0.444. The molecule has 0 saturated heterocycles. The summed E-state index contributed by atoms with van der Waals surface area (Å²) in [5, 5.41) is 0.938. The number of aryl methyl sites for hydroxylation is 1. The second-order valence-electron chi connectivity index (χ2n) is 6.73. The van der Waals surface area contributed by atoms with Gasteiger partial charge >= 0.3 is 0 Å². The lowest BCUT2D eigenvalue weighted by Gasteiger charge is -2.44. The molecular formula is C19H20ClNO2S2. The lowest BCUT2D eigenvalue weighted by atomic mass is 9.94. The van der Waals surface area contributed by atoms with Gasteiger partial charge in [-0.3, -0.25) is 4.31 Å². The zero-order valence-corrected chi connectivity index (χ0v) is 16.4. The number of rotatable bonds is 2. The number of fused-ring (bicyclic) bond motifs is 2. The van der Waals surface area contributed by atoms with Crippen molar-refractivity contribution in [2.24, 2.45) is 0 Å². The molecule has 1 aliphatic heterocycles. The number of sulfonamides is 1. The fourth-order valence-electron chi connectivity index (χ4n) is 3.72. The van der Waals surface area contributed by atoms with E-state index >= 15 is 0 Å². The minimum Gasteiger partial charge on any atom is -0.261 e. The predicted octanol–water partition coefficient (Wildman–Crippen LogP) is 5.26. The molecule has 25 heavy (non-hydrogen) atoms. The maximum Gasteiger partial charge on any atom is 0.264 e. The van der Waals surface area contributed by atoms with E-state index in [1.165, 1.54) is 0 Å². The molecule has 1 aliphatic carbocycles. The third kappa shape index (κ3) is 3.07. The molecule has 1 saturated carbocycles. The Morgan fingerprint density at radius 3 is 2.56 bits per heavy atom. The molecule has 1 fully saturated rings. The van der Waals surface area contributed by atoms with Gasteiger partial charge in [-0.15, -0.1) is 11.8 Å². The first kappa shape index (κ1) is 17.3. The molecule has 1 heterocycles. The van der Waals surface area contributed by atoms with Crippen molar-refractivity contribution in [1.82, 2.24) is 0 Å². The van der Waals surface area contributed by atoms with E-state index in [0.29, 0.717) is 15.2 Å². The Morgan fingerprint density at radius 2 is 1.80 bits per heavy atom. The van der Waals surface area contributed by atoms with Gasteiger partial charge in [0.1, 0.15) is 0 Å². The summed E-state index contributed by atoms with van der Waals surface area (Å²) in [6.45, 7) is 1.96. The number of benzene rings is 2. The van der Waals surface area contributed by atoms with Crippen molar-refractivity contribution < 1.29 is 8.42 Å². The molecule has 132 valence electrons. The van der Waals surface area contributed by atoms with Crippen molar-refractivity contribution in [3.05, 3.63) is 53.1 Å². The molecule has 2 atom stereocenters. The van der Waals surface area contributed by atoms with Crippen LogP contribution in [0.25, 0.3) is 0 Å². The van der Waals surface area contributed by atoms with Crippen molar-refractivity contribution in [2.45, 2.75) is 53.7 Å². The molecule has 0 unspecified atom stereocenters. The Labute approximate surface area is 158 Å². The lowest BCUT2D eigenvalue weighted by Crippen LogP contribution is -2.49. The Morgan fingerprint density at radius 1 is 1.08 bits per heavy atom. The first-order valence-corrected chi connectivity index (χ1v) is 11.2. The molecule has 2 aromatic carbocycles. The quantitative estimate of drug-likeness (QED) is 0.698. The van der Waals surface area contributed by atoms with E-state index in [1.54, 1.807) is 34.3 Å². The van der Waals surface area contributed by atoms with E-state index < -0.39 is 10.0 Å². The Bertz CT molecular complexity index is 896.